The number of benzene rings is 1. The maximum Gasteiger partial charge on any atom is 0.152 e. The van der Waals surface area contributed by atoms with Gasteiger partial charge >= 0.3 is 0 Å². The van der Waals surface area contributed by atoms with Gasteiger partial charge in [-0.2, -0.15) is 0 Å². The van der Waals surface area contributed by atoms with Crippen molar-refractivity contribution in [2.75, 3.05) is 27.5 Å². The van der Waals surface area contributed by atoms with Gasteiger partial charge in [0.2, 0.25) is 0 Å². The van der Waals surface area contributed by atoms with Crippen molar-refractivity contribution < 1.29 is 18.9 Å². The molecule has 0 aromatic heterocycles. The third kappa shape index (κ3) is 6.19. The van der Waals surface area contributed by atoms with E-state index in [4.69, 9.17) is 18.9 Å². The first-order chi connectivity index (χ1) is 8.36. The Balaban J connectivity index is 2.11. The van der Waals surface area contributed by atoms with Crippen molar-refractivity contribution >= 4 is 6.08 Å². The van der Waals surface area contributed by atoms with Gasteiger partial charge in [-0.3, -0.25) is 0 Å². The third-order valence-electron chi connectivity index (χ3n) is 1.99. The van der Waals surface area contributed by atoms with Gasteiger partial charge in [0.1, 0.15) is 13.6 Å². The highest BCUT2D eigenvalue weighted by Gasteiger charge is 1.94. The van der Waals surface area contributed by atoms with E-state index in [1.54, 1.807) is 13.2 Å². The summed E-state index contributed by atoms with van der Waals surface area (Å²) in [5.41, 5.74) is 2.17. The quantitative estimate of drug-likeness (QED) is 0.489. The van der Waals surface area contributed by atoms with Gasteiger partial charge in [0.05, 0.1) is 6.61 Å². The third-order valence-corrected chi connectivity index (χ3v) is 1.99. The number of methoxy groups -OCH3 is 1. The van der Waals surface area contributed by atoms with Crippen LogP contribution in [0.25, 0.3) is 6.08 Å². The second-order valence-electron chi connectivity index (χ2n) is 3.35. The molecule has 0 fully saturated rings. The van der Waals surface area contributed by atoms with Crippen molar-refractivity contribution in [3.05, 3.63) is 42.0 Å². The Labute approximate surface area is 102 Å². The molecule has 0 saturated carbocycles. The number of rotatable bonds is 9. The first kappa shape index (κ1) is 13.9. The number of hydrogen-bond donors (Lipinski definition) is 0. The minimum atomic E-state index is 0.167. The van der Waals surface area contributed by atoms with Crippen LogP contribution in [0.5, 0.6) is 0 Å². The van der Waals surface area contributed by atoms with Crippen molar-refractivity contribution in [3.8, 4) is 0 Å². The van der Waals surface area contributed by atoms with E-state index < -0.39 is 0 Å². The van der Waals surface area contributed by atoms with E-state index in [0.29, 0.717) is 6.61 Å². The minimum absolute atomic E-state index is 0.167. The fraction of sp³-hybridized carbons (Fsp3) is 0.385. The molecule has 4 nitrogen and oxygen atoms in total. The molecule has 0 heterocycles. The van der Waals surface area contributed by atoms with Gasteiger partial charge in [-0.15, -0.1) is 0 Å². The molecule has 0 aliphatic carbocycles. The van der Waals surface area contributed by atoms with Crippen LogP contribution in [-0.2, 0) is 25.6 Å². The Hall–Kier alpha value is -1.20. The molecule has 94 valence electrons. The van der Waals surface area contributed by atoms with Crippen LogP contribution in [0.1, 0.15) is 11.1 Å². The lowest BCUT2D eigenvalue weighted by Gasteiger charge is -2.06. The van der Waals surface area contributed by atoms with Crippen LogP contribution in [-0.4, -0.2) is 27.5 Å². The molecule has 0 aliphatic rings. The average Bonchev–Trinajstić information content (AvgIpc) is 2.38. The second-order valence-corrected chi connectivity index (χ2v) is 3.35. The summed E-state index contributed by atoms with van der Waals surface area (Å²) < 4.78 is 20.0. The molecule has 0 unspecified atom stereocenters. The monoisotopic (exact) mass is 238 g/mol. The number of ether oxygens (including phenoxy) is 4. The van der Waals surface area contributed by atoms with Gasteiger partial charge in [0, 0.05) is 7.11 Å². The molecule has 0 amide bonds. The summed E-state index contributed by atoms with van der Waals surface area (Å²) in [6, 6.07) is 7.98. The first-order valence-electron chi connectivity index (χ1n) is 5.30. The largest absolute Gasteiger partial charge is 0.359 e. The summed E-state index contributed by atoms with van der Waals surface area (Å²) in [5.74, 6) is 0. The fourth-order valence-electron chi connectivity index (χ4n) is 1.24. The molecule has 0 aliphatic heterocycles. The zero-order valence-electron chi connectivity index (χ0n) is 10.1. The average molecular weight is 238 g/mol. The summed E-state index contributed by atoms with van der Waals surface area (Å²) in [5, 5.41) is 0. The van der Waals surface area contributed by atoms with Crippen molar-refractivity contribution in [2.45, 2.75) is 6.61 Å². The molecule has 0 spiro atoms. The van der Waals surface area contributed by atoms with Crippen molar-refractivity contribution in [1.82, 2.24) is 0 Å². The predicted molar refractivity (Wildman–Crippen MR) is 65.1 cm³/mol. The molecule has 1 aromatic carbocycles. The summed E-state index contributed by atoms with van der Waals surface area (Å²) in [6.45, 7) is 4.81. The van der Waals surface area contributed by atoms with Crippen LogP contribution >= 0.6 is 0 Å². The molecule has 4 heteroatoms. The lowest BCUT2D eigenvalue weighted by Crippen LogP contribution is -2.06. The summed E-state index contributed by atoms with van der Waals surface area (Å²) in [6.07, 6.45) is 1.80. The highest BCUT2D eigenvalue weighted by Crippen LogP contribution is 2.07. The SMILES string of the molecule is C=Cc1cccc(COCOCOCOC)c1. The lowest BCUT2D eigenvalue weighted by atomic mass is 10.1. The maximum atomic E-state index is 5.32. The molecule has 0 bridgehead atoms. The van der Waals surface area contributed by atoms with Crippen molar-refractivity contribution in [3.63, 3.8) is 0 Å². The van der Waals surface area contributed by atoms with E-state index >= 15 is 0 Å². The van der Waals surface area contributed by atoms with E-state index in [1.165, 1.54) is 0 Å². The van der Waals surface area contributed by atoms with Crippen LogP contribution < -0.4 is 0 Å². The van der Waals surface area contributed by atoms with E-state index in [9.17, 15) is 0 Å². The maximum absolute atomic E-state index is 5.32. The first-order valence-corrected chi connectivity index (χ1v) is 5.30. The minimum Gasteiger partial charge on any atom is -0.359 e. The van der Waals surface area contributed by atoms with Crippen LogP contribution in [0.2, 0.25) is 0 Å². The van der Waals surface area contributed by atoms with Crippen LogP contribution in [0, 0.1) is 0 Å². The van der Waals surface area contributed by atoms with E-state index in [-0.39, 0.29) is 20.4 Å². The Morgan fingerprint density at radius 1 is 1.12 bits per heavy atom. The predicted octanol–water partition coefficient (Wildman–Crippen LogP) is 2.40. The molecular formula is C13H18O4. The number of hydrogen-bond acceptors (Lipinski definition) is 4. The molecule has 1 aromatic rings. The fourth-order valence-corrected chi connectivity index (χ4v) is 1.24. The Bertz CT molecular complexity index is 325. The van der Waals surface area contributed by atoms with Gasteiger partial charge < -0.3 is 18.9 Å². The highest BCUT2D eigenvalue weighted by molar-refractivity contribution is 5.47. The van der Waals surface area contributed by atoms with Crippen LogP contribution in [0.15, 0.2) is 30.8 Å². The van der Waals surface area contributed by atoms with E-state index in [0.717, 1.165) is 11.1 Å². The van der Waals surface area contributed by atoms with E-state index in [2.05, 4.69) is 6.58 Å². The molecule has 17 heavy (non-hydrogen) atoms. The molecule has 0 radical (unpaired) electrons. The van der Waals surface area contributed by atoms with Gasteiger partial charge in [-0.05, 0) is 17.2 Å². The van der Waals surface area contributed by atoms with Crippen molar-refractivity contribution in [1.29, 1.82) is 0 Å². The standard InChI is InChI=1S/C13H18O4/c1-3-12-5-4-6-13(7-12)8-15-10-17-11-16-9-14-2/h3-7H,1,8-11H2,2H3. The molecule has 1 rings (SSSR count). The lowest BCUT2D eigenvalue weighted by molar-refractivity contribution is -0.166. The highest BCUT2D eigenvalue weighted by atomic mass is 16.8. The van der Waals surface area contributed by atoms with Crippen LogP contribution in [0.3, 0.4) is 0 Å². The Kier molecular flexibility index (Phi) is 7.25. The Morgan fingerprint density at radius 3 is 2.65 bits per heavy atom. The zero-order valence-corrected chi connectivity index (χ0v) is 10.1. The van der Waals surface area contributed by atoms with Crippen molar-refractivity contribution in [2.24, 2.45) is 0 Å². The molecule has 0 atom stereocenters. The molecule has 0 N–H and O–H groups in total. The topological polar surface area (TPSA) is 36.9 Å². The van der Waals surface area contributed by atoms with Gasteiger partial charge in [0.25, 0.3) is 0 Å². The van der Waals surface area contributed by atoms with Gasteiger partial charge in [0.15, 0.2) is 6.79 Å². The zero-order chi connectivity index (χ0) is 12.3. The van der Waals surface area contributed by atoms with Crippen LogP contribution in [0.4, 0.5) is 0 Å². The molecular weight excluding hydrogens is 220 g/mol. The summed E-state index contributed by atoms with van der Waals surface area (Å²) in [4.78, 5) is 0. The van der Waals surface area contributed by atoms with E-state index in [1.807, 2.05) is 24.3 Å². The summed E-state index contributed by atoms with van der Waals surface area (Å²) >= 11 is 0. The van der Waals surface area contributed by atoms with Gasteiger partial charge in [-0.1, -0.05) is 30.9 Å². The van der Waals surface area contributed by atoms with Gasteiger partial charge in [-0.25, -0.2) is 0 Å². The molecule has 0 saturated heterocycles. The smallest absolute Gasteiger partial charge is 0.152 e. The normalized spacial score (nSPS) is 10.4. The Morgan fingerprint density at radius 2 is 1.88 bits per heavy atom. The summed E-state index contributed by atoms with van der Waals surface area (Å²) in [7, 11) is 1.56. The second kappa shape index (κ2) is 8.90.